The standard InChI is InChI=1S/C28H29N3O4/c1-35-27-9-5-4-8-25(27)26-19-30(28(32)21-10-12-24(13-11-21)31(33)34)18-23(26)17-29-15-14-20-6-2-3-7-22(20)16-29/h2-13,23,26H,14-19H2,1H3. The Balaban J connectivity index is 1.39. The number of amides is 1. The molecule has 0 aromatic heterocycles. The molecule has 0 radical (unpaired) electrons. The maximum atomic E-state index is 13.4. The molecule has 1 amide bonds. The van der Waals surface area contributed by atoms with Crippen LogP contribution in [0, 0.1) is 16.0 Å². The summed E-state index contributed by atoms with van der Waals surface area (Å²) in [7, 11) is 1.68. The highest BCUT2D eigenvalue weighted by Gasteiger charge is 2.39. The normalized spacial score (nSPS) is 19.9. The average molecular weight is 472 g/mol. The molecule has 1 saturated heterocycles. The number of rotatable bonds is 6. The van der Waals surface area contributed by atoms with Gasteiger partial charge in [0.1, 0.15) is 5.75 Å². The van der Waals surface area contributed by atoms with Gasteiger partial charge in [-0.05, 0) is 47.2 Å². The van der Waals surface area contributed by atoms with Crippen molar-refractivity contribution >= 4 is 11.6 Å². The van der Waals surface area contributed by atoms with Crippen LogP contribution in [0.25, 0.3) is 0 Å². The molecule has 3 aromatic carbocycles. The zero-order valence-corrected chi connectivity index (χ0v) is 19.8. The van der Waals surface area contributed by atoms with Gasteiger partial charge < -0.3 is 9.64 Å². The Morgan fingerprint density at radius 3 is 2.46 bits per heavy atom. The number of ether oxygens (including phenoxy) is 1. The number of benzene rings is 3. The number of fused-ring (bicyclic) bond motifs is 1. The van der Waals surface area contributed by atoms with E-state index in [1.807, 2.05) is 23.1 Å². The molecule has 2 aliphatic rings. The first-order valence-electron chi connectivity index (χ1n) is 12.0. The second kappa shape index (κ2) is 9.88. The first-order valence-corrected chi connectivity index (χ1v) is 12.0. The molecule has 0 bridgehead atoms. The van der Waals surface area contributed by atoms with Crippen molar-refractivity contribution in [2.24, 2.45) is 5.92 Å². The van der Waals surface area contributed by atoms with Crippen LogP contribution in [0.4, 0.5) is 5.69 Å². The highest BCUT2D eigenvalue weighted by molar-refractivity contribution is 5.94. The van der Waals surface area contributed by atoms with Crippen LogP contribution in [-0.2, 0) is 13.0 Å². The number of hydrogen-bond donors (Lipinski definition) is 0. The van der Waals surface area contributed by atoms with E-state index in [1.54, 1.807) is 19.2 Å². The summed E-state index contributed by atoms with van der Waals surface area (Å²) in [5, 5.41) is 11.0. The first kappa shape index (κ1) is 23.1. The maximum absolute atomic E-state index is 13.4. The van der Waals surface area contributed by atoms with E-state index in [1.165, 1.54) is 23.3 Å². The zero-order valence-electron chi connectivity index (χ0n) is 19.8. The highest BCUT2D eigenvalue weighted by atomic mass is 16.6. The van der Waals surface area contributed by atoms with Gasteiger partial charge in [-0.2, -0.15) is 0 Å². The van der Waals surface area contributed by atoms with Crippen molar-refractivity contribution in [1.29, 1.82) is 0 Å². The molecule has 5 rings (SSSR count). The van der Waals surface area contributed by atoms with Crippen LogP contribution in [0.15, 0.2) is 72.8 Å². The third-order valence-corrected chi connectivity index (χ3v) is 7.29. The Morgan fingerprint density at radius 2 is 1.71 bits per heavy atom. The summed E-state index contributed by atoms with van der Waals surface area (Å²) >= 11 is 0. The lowest BCUT2D eigenvalue weighted by atomic mass is 9.87. The number of nitro benzene ring substituents is 1. The van der Waals surface area contributed by atoms with Crippen LogP contribution in [0.5, 0.6) is 5.75 Å². The number of para-hydroxylation sites is 1. The van der Waals surface area contributed by atoms with Crippen molar-refractivity contribution in [2.45, 2.75) is 18.9 Å². The number of methoxy groups -OCH3 is 1. The van der Waals surface area contributed by atoms with Crippen LogP contribution in [0.3, 0.4) is 0 Å². The lowest BCUT2D eigenvalue weighted by Crippen LogP contribution is -2.37. The van der Waals surface area contributed by atoms with Crippen LogP contribution >= 0.6 is 0 Å². The molecule has 3 aromatic rings. The summed E-state index contributed by atoms with van der Waals surface area (Å²) in [5.74, 6) is 1.14. The van der Waals surface area contributed by atoms with Gasteiger partial charge in [0.05, 0.1) is 12.0 Å². The highest BCUT2D eigenvalue weighted by Crippen LogP contribution is 2.39. The monoisotopic (exact) mass is 471 g/mol. The van der Waals surface area contributed by atoms with Gasteiger partial charge in [0.25, 0.3) is 11.6 Å². The Bertz CT molecular complexity index is 1230. The number of likely N-dealkylation sites (tertiary alicyclic amines) is 1. The quantitative estimate of drug-likeness (QED) is 0.390. The predicted molar refractivity (Wildman–Crippen MR) is 134 cm³/mol. The van der Waals surface area contributed by atoms with E-state index < -0.39 is 4.92 Å². The van der Waals surface area contributed by atoms with Crippen molar-refractivity contribution in [3.05, 3.63) is 105 Å². The van der Waals surface area contributed by atoms with Crippen molar-refractivity contribution in [3.63, 3.8) is 0 Å². The Hall–Kier alpha value is -3.71. The van der Waals surface area contributed by atoms with E-state index in [2.05, 4.69) is 35.2 Å². The minimum atomic E-state index is -0.450. The molecule has 0 N–H and O–H groups in total. The molecule has 0 spiro atoms. The fourth-order valence-corrected chi connectivity index (χ4v) is 5.50. The van der Waals surface area contributed by atoms with E-state index in [0.29, 0.717) is 18.7 Å². The third kappa shape index (κ3) is 4.77. The van der Waals surface area contributed by atoms with Gasteiger partial charge in [0, 0.05) is 56.3 Å². The van der Waals surface area contributed by atoms with E-state index >= 15 is 0 Å². The van der Waals surface area contributed by atoms with E-state index in [4.69, 9.17) is 4.74 Å². The fourth-order valence-electron chi connectivity index (χ4n) is 5.50. The third-order valence-electron chi connectivity index (χ3n) is 7.29. The molecule has 7 heteroatoms. The number of non-ortho nitro benzene ring substituents is 1. The van der Waals surface area contributed by atoms with Crippen molar-refractivity contribution in [1.82, 2.24) is 9.80 Å². The fraction of sp³-hybridized carbons (Fsp3) is 0.321. The average Bonchev–Trinajstić information content (AvgIpc) is 3.31. The second-order valence-corrected chi connectivity index (χ2v) is 9.38. The molecule has 35 heavy (non-hydrogen) atoms. The van der Waals surface area contributed by atoms with Crippen molar-refractivity contribution < 1.29 is 14.5 Å². The van der Waals surface area contributed by atoms with Gasteiger partial charge in [-0.1, -0.05) is 42.5 Å². The van der Waals surface area contributed by atoms with E-state index in [0.717, 1.165) is 37.4 Å². The smallest absolute Gasteiger partial charge is 0.269 e. The summed E-state index contributed by atoms with van der Waals surface area (Å²) in [4.78, 5) is 28.3. The van der Waals surface area contributed by atoms with Crippen LogP contribution in [0.2, 0.25) is 0 Å². The molecular weight excluding hydrogens is 442 g/mol. The van der Waals surface area contributed by atoms with Gasteiger partial charge in [-0.25, -0.2) is 0 Å². The molecule has 2 unspecified atom stereocenters. The van der Waals surface area contributed by atoms with Gasteiger partial charge >= 0.3 is 0 Å². The van der Waals surface area contributed by atoms with Crippen molar-refractivity contribution in [3.8, 4) is 5.75 Å². The summed E-state index contributed by atoms with van der Waals surface area (Å²) in [6, 6.07) is 22.6. The van der Waals surface area contributed by atoms with Crippen molar-refractivity contribution in [2.75, 3.05) is 33.3 Å². The van der Waals surface area contributed by atoms with Crippen LogP contribution < -0.4 is 4.74 Å². The van der Waals surface area contributed by atoms with Gasteiger partial charge in [-0.15, -0.1) is 0 Å². The molecule has 2 heterocycles. The number of hydrogen-bond acceptors (Lipinski definition) is 5. The number of carbonyl (C=O) groups excluding carboxylic acids is 1. The second-order valence-electron chi connectivity index (χ2n) is 9.38. The summed E-state index contributed by atoms with van der Waals surface area (Å²) < 4.78 is 5.68. The summed E-state index contributed by atoms with van der Waals surface area (Å²) in [5.41, 5.74) is 4.38. The lowest BCUT2D eigenvalue weighted by molar-refractivity contribution is -0.384. The number of nitrogens with zero attached hydrogens (tertiary/aromatic N) is 3. The molecule has 1 fully saturated rings. The molecule has 7 nitrogen and oxygen atoms in total. The van der Waals surface area contributed by atoms with E-state index in [-0.39, 0.29) is 23.4 Å². The SMILES string of the molecule is COc1ccccc1C1CN(C(=O)c2ccc([N+](=O)[O-])cc2)CC1CN1CCc2ccccc2C1. The van der Waals surface area contributed by atoms with E-state index in [9.17, 15) is 14.9 Å². The van der Waals surface area contributed by atoms with Gasteiger partial charge in [0.2, 0.25) is 0 Å². The van der Waals surface area contributed by atoms with Gasteiger partial charge in [-0.3, -0.25) is 19.8 Å². The molecule has 0 aliphatic carbocycles. The minimum absolute atomic E-state index is 0.0156. The topological polar surface area (TPSA) is 75.9 Å². The van der Waals surface area contributed by atoms with Gasteiger partial charge in [0.15, 0.2) is 0 Å². The van der Waals surface area contributed by atoms with Crippen LogP contribution in [-0.4, -0.2) is 53.9 Å². The van der Waals surface area contributed by atoms with Crippen LogP contribution in [0.1, 0.15) is 33.0 Å². The largest absolute Gasteiger partial charge is 0.496 e. The molecule has 2 aliphatic heterocycles. The summed E-state index contributed by atoms with van der Waals surface area (Å²) in [6.07, 6.45) is 1.04. The summed E-state index contributed by atoms with van der Waals surface area (Å²) in [6.45, 7) is 4.03. The molecular formula is C28H29N3O4. The minimum Gasteiger partial charge on any atom is -0.496 e. The maximum Gasteiger partial charge on any atom is 0.269 e. The zero-order chi connectivity index (χ0) is 24.4. The Kier molecular flexibility index (Phi) is 6.51. The number of nitro groups is 1. The predicted octanol–water partition coefficient (Wildman–Crippen LogP) is 4.52. The number of carbonyl (C=O) groups is 1. The molecule has 2 atom stereocenters. The molecule has 0 saturated carbocycles. The lowest BCUT2D eigenvalue weighted by Gasteiger charge is -2.32. The Labute approximate surface area is 205 Å². The molecule has 180 valence electrons. The Morgan fingerprint density at radius 1 is 1.00 bits per heavy atom. The first-order chi connectivity index (χ1) is 17.0.